The summed E-state index contributed by atoms with van der Waals surface area (Å²) in [6.07, 6.45) is 3.59. The lowest BCUT2D eigenvalue weighted by atomic mass is 10.2. The van der Waals surface area contributed by atoms with Gasteiger partial charge in [-0.15, -0.1) is 0 Å². The number of carbonyl (C=O) groups excluding carboxylic acids is 1. The van der Waals surface area contributed by atoms with E-state index in [1.807, 2.05) is 25.3 Å². The van der Waals surface area contributed by atoms with Gasteiger partial charge in [0, 0.05) is 18.6 Å². The van der Waals surface area contributed by atoms with Crippen molar-refractivity contribution in [2.45, 2.75) is 13.5 Å². The van der Waals surface area contributed by atoms with E-state index in [1.165, 1.54) is 0 Å². The van der Waals surface area contributed by atoms with Gasteiger partial charge < -0.3 is 29.7 Å². The number of halogens is 1. The van der Waals surface area contributed by atoms with Crippen LogP contribution >= 0.6 is 0 Å². The predicted molar refractivity (Wildman–Crippen MR) is 50.7 cm³/mol. The number of primary amides is 1. The summed E-state index contributed by atoms with van der Waals surface area (Å²) in [4.78, 5) is 10.7. The number of rotatable bonds is 3. The minimum Gasteiger partial charge on any atom is -1.00 e. The fourth-order valence-corrected chi connectivity index (χ4v) is 1.10. The van der Waals surface area contributed by atoms with Crippen LogP contribution in [0.4, 0.5) is 0 Å². The van der Waals surface area contributed by atoms with Crippen molar-refractivity contribution in [2.24, 2.45) is 5.73 Å². The molecule has 0 atom stereocenters. The Kier molecular flexibility index (Phi) is 5.37. The zero-order valence-corrected chi connectivity index (χ0v) is 10.2. The highest BCUT2D eigenvalue weighted by Crippen LogP contribution is 1.98. The van der Waals surface area contributed by atoms with Crippen LogP contribution in [0.25, 0.3) is 6.08 Å². The van der Waals surface area contributed by atoms with Gasteiger partial charge in [0.25, 0.3) is 5.91 Å². The molecule has 4 heteroatoms. The van der Waals surface area contributed by atoms with Crippen molar-refractivity contribution in [1.29, 1.82) is 0 Å². The number of amides is 1. The third kappa shape index (κ3) is 3.45. The van der Waals surface area contributed by atoms with Gasteiger partial charge in [0.1, 0.15) is 0 Å². The number of carbonyl (C=O) groups is 1. The molecule has 0 aliphatic carbocycles. The normalized spacial score (nSPS) is 8.93. The van der Waals surface area contributed by atoms with Crippen molar-refractivity contribution in [3.63, 3.8) is 0 Å². The molecular weight excluding hydrogens is 291 g/mol. The fraction of sp³-hybridized carbons (Fsp3) is 0.200. The van der Waals surface area contributed by atoms with Crippen molar-refractivity contribution in [2.75, 3.05) is 0 Å². The highest BCUT2D eigenvalue weighted by molar-refractivity contribution is 5.72. The van der Waals surface area contributed by atoms with Gasteiger partial charge >= 0.3 is 0 Å². The van der Waals surface area contributed by atoms with Crippen LogP contribution in [0.2, 0.25) is 0 Å². The zero-order valence-electron chi connectivity index (χ0n) is 8.03. The third-order valence-corrected chi connectivity index (χ3v) is 1.84. The third-order valence-electron chi connectivity index (χ3n) is 1.84. The lowest BCUT2D eigenvalue weighted by Crippen LogP contribution is -3.00. The molecule has 2 N–H and O–H groups in total. The number of pyridine rings is 1. The van der Waals surface area contributed by atoms with E-state index < -0.39 is 0 Å². The molecule has 1 rings (SSSR count). The number of aryl methyl sites for hydroxylation is 1. The Morgan fingerprint density at radius 3 is 2.79 bits per heavy atom. The molecule has 0 radical (unpaired) electrons. The first-order valence-corrected chi connectivity index (χ1v) is 4.04. The minimum absolute atomic E-state index is 0. The van der Waals surface area contributed by atoms with E-state index in [-0.39, 0.29) is 36.4 Å². The maximum atomic E-state index is 10.7. The summed E-state index contributed by atoms with van der Waals surface area (Å²) >= 11 is 0. The SMILES string of the molecule is C=Cc1ccc(C)[n+](CC(N)=O)c1.[I-]. The topological polar surface area (TPSA) is 47.0 Å². The molecule has 0 saturated heterocycles. The van der Waals surface area contributed by atoms with Gasteiger partial charge in [0.2, 0.25) is 6.54 Å². The van der Waals surface area contributed by atoms with Crippen LogP contribution in [0.15, 0.2) is 24.9 Å². The quantitative estimate of drug-likeness (QED) is 0.484. The molecule has 14 heavy (non-hydrogen) atoms. The maximum absolute atomic E-state index is 10.7. The van der Waals surface area contributed by atoms with Gasteiger partial charge in [-0.3, -0.25) is 4.79 Å². The standard InChI is InChI=1S/C10H12N2O.HI/c1-3-9-5-4-8(2)12(6-9)7-10(11)13;/h3-6H,1,7H2,2H3,(H-,11,13);1H. The van der Waals surface area contributed by atoms with Gasteiger partial charge in [-0.05, 0) is 6.07 Å². The second-order valence-corrected chi connectivity index (χ2v) is 2.90. The molecule has 1 aromatic rings. The van der Waals surface area contributed by atoms with Crippen LogP contribution in [0, 0.1) is 6.92 Å². The number of nitrogens with zero attached hydrogens (tertiary/aromatic N) is 1. The molecule has 0 unspecified atom stereocenters. The van der Waals surface area contributed by atoms with Crippen LogP contribution in [-0.2, 0) is 11.3 Å². The van der Waals surface area contributed by atoms with Gasteiger partial charge in [0.15, 0.2) is 11.9 Å². The average Bonchev–Trinajstić information content (AvgIpc) is 2.08. The molecular formula is C10H13IN2O. The Labute approximate surface area is 101 Å². The Morgan fingerprint density at radius 1 is 1.64 bits per heavy atom. The van der Waals surface area contributed by atoms with E-state index in [9.17, 15) is 4.79 Å². The Bertz CT molecular complexity index is 350. The average molecular weight is 304 g/mol. The van der Waals surface area contributed by atoms with Crippen molar-refractivity contribution >= 4 is 12.0 Å². The monoisotopic (exact) mass is 304 g/mol. The Hall–Kier alpha value is -0.910. The van der Waals surface area contributed by atoms with Crippen LogP contribution in [0.3, 0.4) is 0 Å². The molecule has 0 bridgehead atoms. The molecule has 1 aromatic heterocycles. The molecule has 0 aromatic carbocycles. The smallest absolute Gasteiger partial charge is 0.283 e. The van der Waals surface area contributed by atoms with Crippen molar-refractivity contribution in [1.82, 2.24) is 0 Å². The van der Waals surface area contributed by atoms with Gasteiger partial charge in [-0.2, -0.15) is 4.57 Å². The molecule has 0 aliphatic rings. The fourth-order valence-electron chi connectivity index (χ4n) is 1.10. The minimum atomic E-state index is -0.339. The zero-order chi connectivity index (χ0) is 9.84. The van der Waals surface area contributed by atoms with Crippen LogP contribution in [0.5, 0.6) is 0 Å². The van der Waals surface area contributed by atoms with E-state index in [0.29, 0.717) is 0 Å². The molecule has 1 amide bonds. The number of aromatic nitrogens is 1. The van der Waals surface area contributed by atoms with E-state index in [1.54, 1.807) is 10.6 Å². The highest BCUT2D eigenvalue weighted by atomic mass is 127. The summed E-state index contributed by atoms with van der Waals surface area (Å²) < 4.78 is 1.80. The summed E-state index contributed by atoms with van der Waals surface area (Å²) in [6, 6.07) is 3.87. The molecule has 1 heterocycles. The number of nitrogens with two attached hydrogens (primary N) is 1. The van der Waals surface area contributed by atoms with E-state index in [4.69, 9.17) is 5.73 Å². The lowest BCUT2D eigenvalue weighted by Gasteiger charge is -1.98. The summed E-state index contributed by atoms with van der Waals surface area (Å²) in [5.74, 6) is -0.339. The summed E-state index contributed by atoms with van der Waals surface area (Å²) in [6.45, 7) is 5.79. The molecule has 0 fully saturated rings. The lowest BCUT2D eigenvalue weighted by molar-refractivity contribution is -0.690. The predicted octanol–water partition coefficient (Wildman–Crippen LogP) is -2.59. The first kappa shape index (κ1) is 13.1. The summed E-state index contributed by atoms with van der Waals surface area (Å²) in [5.41, 5.74) is 7.08. The summed E-state index contributed by atoms with van der Waals surface area (Å²) in [5, 5.41) is 0. The first-order valence-electron chi connectivity index (χ1n) is 4.04. The summed E-state index contributed by atoms with van der Waals surface area (Å²) in [7, 11) is 0. The number of hydrogen-bond donors (Lipinski definition) is 1. The first-order chi connectivity index (χ1) is 6.13. The molecule has 0 aliphatic heterocycles. The molecule has 0 saturated carbocycles. The molecule has 0 spiro atoms. The van der Waals surface area contributed by atoms with Gasteiger partial charge in [0.05, 0.1) is 0 Å². The van der Waals surface area contributed by atoms with Crippen molar-refractivity contribution in [3.8, 4) is 0 Å². The molecule has 3 nitrogen and oxygen atoms in total. The van der Waals surface area contributed by atoms with E-state index >= 15 is 0 Å². The van der Waals surface area contributed by atoms with Gasteiger partial charge in [-0.1, -0.05) is 12.7 Å². The second-order valence-electron chi connectivity index (χ2n) is 2.90. The van der Waals surface area contributed by atoms with Gasteiger partial charge in [-0.25, -0.2) is 0 Å². The second kappa shape index (κ2) is 5.74. The Morgan fingerprint density at radius 2 is 2.29 bits per heavy atom. The number of hydrogen-bond acceptors (Lipinski definition) is 1. The van der Waals surface area contributed by atoms with Crippen LogP contribution in [0.1, 0.15) is 11.3 Å². The van der Waals surface area contributed by atoms with E-state index in [0.717, 1.165) is 11.3 Å². The van der Waals surface area contributed by atoms with Crippen molar-refractivity contribution < 1.29 is 33.3 Å². The van der Waals surface area contributed by atoms with Crippen LogP contribution < -0.4 is 34.3 Å². The maximum Gasteiger partial charge on any atom is 0.283 e. The van der Waals surface area contributed by atoms with Crippen LogP contribution in [-0.4, -0.2) is 5.91 Å². The highest BCUT2D eigenvalue weighted by Gasteiger charge is 2.09. The van der Waals surface area contributed by atoms with E-state index in [2.05, 4.69) is 6.58 Å². The van der Waals surface area contributed by atoms with Crippen molar-refractivity contribution in [3.05, 3.63) is 36.2 Å². The largest absolute Gasteiger partial charge is 1.00 e. The Balaban J connectivity index is 0.00000169. The molecule has 76 valence electrons.